The first-order valence-corrected chi connectivity index (χ1v) is 6.08. The molecule has 0 fully saturated rings. The number of alkyl halides is 3. The second kappa shape index (κ2) is 9.85. The van der Waals surface area contributed by atoms with Gasteiger partial charge in [-0.3, -0.25) is 9.89 Å². The molecule has 0 heterocycles. The van der Waals surface area contributed by atoms with Crippen LogP contribution in [0.5, 0.6) is 0 Å². The second-order valence-electron chi connectivity index (χ2n) is 4.13. The molecule has 0 saturated carbocycles. The summed E-state index contributed by atoms with van der Waals surface area (Å²) < 4.78 is 41.2. The van der Waals surface area contributed by atoms with Gasteiger partial charge in [0.05, 0.1) is 6.54 Å². The predicted octanol–water partition coefficient (Wildman–Crippen LogP) is 0.682. The van der Waals surface area contributed by atoms with Crippen molar-refractivity contribution in [3.8, 4) is 0 Å². The molecule has 0 radical (unpaired) electrons. The Balaban J connectivity index is 3.72. The molecule has 114 valence electrons. The Morgan fingerprint density at radius 3 is 2.42 bits per heavy atom. The van der Waals surface area contributed by atoms with E-state index in [1.54, 1.807) is 14.2 Å². The summed E-state index contributed by atoms with van der Waals surface area (Å²) in [6.07, 6.45) is -3.32. The van der Waals surface area contributed by atoms with Crippen LogP contribution < -0.4 is 10.6 Å². The second-order valence-corrected chi connectivity index (χ2v) is 4.13. The molecule has 19 heavy (non-hydrogen) atoms. The number of halogens is 3. The van der Waals surface area contributed by atoms with Crippen LogP contribution in [-0.4, -0.2) is 71.0 Å². The molecule has 0 spiro atoms. The molecule has 0 unspecified atom stereocenters. The summed E-state index contributed by atoms with van der Waals surface area (Å²) in [6.45, 7) is 1.13. The molecule has 0 bridgehead atoms. The maximum atomic E-state index is 12.1. The van der Waals surface area contributed by atoms with E-state index in [0.717, 1.165) is 6.42 Å². The van der Waals surface area contributed by atoms with Crippen molar-refractivity contribution >= 4 is 5.96 Å². The summed E-state index contributed by atoms with van der Waals surface area (Å²) in [5.41, 5.74) is 0. The molecule has 0 aliphatic heterocycles. The van der Waals surface area contributed by atoms with E-state index >= 15 is 0 Å². The monoisotopic (exact) mass is 284 g/mol. The zero-order chi connectivity index (χ0) is 14.7. The standard InChI is InChI=1S/C11H23F3N4O/c1-15-10(16-5-4-8-19-3)17-6-7-18(2)9-11(12,13)14/h4-9H2,1-3H3,(H2,15,16,17). The normalized spacial score (nSPS) is 12.9. The molecule has 0 aliphatic carbocycles. The van der Waals surface area contributed by atoms with Crippen molar-refractivity contribution in [3.63, 3.8) is 0 Å². The number of rotatable bonds is 8. The zero-order valence-corrected chi connectivity index (χ0v) is 11.7. The Kier molecular flexibility index (Phi) is 9.32. The van der Waals surface area contributed by atoms with Gasteiger partial charge in [-0.1, -0.05) is 0 Å². The van der Waals surface area contributed by atoms with E-state index in [4.69, 9.17) is 4.74 Å². The first kappa shape index (κ1) is 18.0. The molecule has 8 heteroatoms. The van der Waals surface area contributed by atoms with E-state index in [9.17, 15) is 13.2 Å². The molecule has 0 aromatic rings. The number of aliphatic imine (C=N–C) groups is 1. The van der Waals surface area contributed by atoms with Crippen LogP contribution in [-0.2, 0) is 4.74 Å². The number of nitrogens with one attached hydrogen (secondary N) is 2. The van der Waals surface area contributed by atoms with Gasteiger partial charge in [-0.25, -0.2) is 0 Å². The number of nitrogens with zero attached hydrogens (tertiary/aromatic N) is 2. The lowest BCUT2D eigenvalue weighted by Gasteiger charge is -2.19. The van der Waals surface area contributed by atoms with Crippen molar-refractivity contribution in [1.29, 1.82) is 0 Å². The topological polar surface area (TPSA) is 48.9 Å². The van der Waals surface area contributed by atoms with Gasteiger partial charge in [0, 0.05) is 40.4 Å². The van der Waals surface area contributed by atoms with Crippen LogP contribution in [0.4, 0.5) is 13.2 Å². The number of hydrogen-bond acceptors (Lipinski definition) is 3. The molecular formula is C11H23F3N4O. The molecule has 2 N–H and O–H groups in total. The zero-order valence-electron chi connectivity index (χ0n) is 11.7. The summed E-state index contributed by atoms with van der Waals surface area (Å²) in [7, 11) is 4.68. The average Bonchev–Trinajstić information content (AvgIpc) is 2.30. The van der Waals surface area contributed by atoms with E-state index in [-0.39, 0.29) is 6.54 Å². The molecule has 5 nitrogen and oxygen atoms in total. The molecular weight excluding hydrogens is 261 g/mol. The van der Waals surface area contributed by atoms with E-state index < -0.39 is 12.7 Å². The Labute approximate surface area is 112 Å². The molecule has 0 saturated heterocycles. The molecule has 0 aromatic heterocycles. The first-order valence-electron chi connectivity index (χ1n) is 6.08. The van der Waals surface area contributed by atoms with Gasteiger partial charge in [-0.15, -0.1) is 0 Å². The van der Waals surface area contributed by atoms with E-state index in [1.807, 2.05) is 0 Å². The SMILES string of the molecule is CN=C(NCCCOC)NCCN(C)CC(F)(F)F. The van der Waals surface area contributed by atoms with E-state index in [1.165, 1.54) is 11.9 Å². The predicted molar refractivity (Wildman–Crippen MR) is 69.4 cm³/mol. The quantitative estimate of drug-likeness (QED) is 0.391. The molecule has 0 amide bonds. The Bertz CT molecular complexity index is 259. The lowest BCUT2D eigenvalue weighted by molar-refractivity contribution is -0.142. The molecule has 0 aromatic carbocycles. The Morgan fingerprint density at radius 2 is 1.89 bits per heavy atom. The number of hydrogen-bond donors (Lipinski definition) is 2. The van der Waals surface area contributed by atoms with Gasteiger partial charge in [0.25, 0.3) is 0 Å². The average molecular weight is 284 g/mol. The van der Waals surface area contributed by atoms with Crippen LogP contribution in [0.1, 0.15) is 6.42 Å². The maximum absolute atomic E-state index is 12.1. The smallest absolute Gasteiger partial charge is 0.385 e. The summed E-state index contributed by atoms with van der Waals surface area (Å²) >= 11 is 0. The van der Waals surface area contributed by atoms with E-state index in [2.05, 4.69) is 15.6 Å². The number of likely N-dealkylation sites (N-methyl/N-ethyl adjacent to an activating group) is 1. The van der Waals surface area contributed by atoms with Gasteiger partial charge in [0.15, 0.2) is 5.96 Å². The number of methoxy groups -OCH3 is 1. The van der Waals surface area contributed by atoms with Gasteiger partial charge < -0.3 is 15.4 Å². The van der Waals surface area contributed by atoms with Gasteiger partial charge >= 0.3 is 6.18 Å². The summed E-state index contributed by atoms with van der Waals surface area (Å²) in [6, 6.07) is 0. The number of ether oxygens (including phenoxy) is 1. The van der Waals surface area contributed by atoms with Gasteiger partial charge in [-0.05, 0) is 13.5 Å². The van der Waals surface area contributed by atoms with Gasteiger partial charge in [0.1, 0.15) is 0 Å². The van der Waals surface area contributed by atoms with Crippen LogP contribution >= 0.6 is 0 Å². The largest absolute Gasteiger partial charge is 0.401 e. The van der Waals surface area contributed by atoms with Crippen LogP contribution in [0.25, 0.3) is 0 Å². The number of guanidine groups is 1. The van der Waals surface area contributed by atoms with Crippen molar-refractivity contribution in [1.82, 2.24) is 15.5 Å². The van der Waals surface area contributed by atoms with Gasteiger partial charge in [0.2, 0.25) is 0 Å². The fraction of sp³-hybridized carbons (Fsp3) is 0.909. The lowest BCUT2D eigenvalue weighted by Crippen LogP contribution is -2.42. The van der Waals surface area contributed by atoms with Crippen LogP contribution in [0, 0.1) is 0 Å². The first-order chi connectivity index (χ1) is 8.89. The summed E-state index contributed by atoms with van der Waals surface area (Å²) in [5, 5.41) is 6.00. The van der Waals surface area contributed by atoms with Crippen molar-refractivity contribution in [2.75, 3.05) is 54.0 Å². The van der Waals surface area contributed by atoms with Crippen LogP contribution in [0.3, 0.4) is 0 Å². The highest BCUT2D eigenvalue weighted by Gasteiger charge is 2.28. The highest BCUT2D eigenvalue weighted by atomic mass is 19.4. The van der Waals surface area contributed by atoms with E-state index in [0.29, 0.717) is 25.7 Å². The third-order valence-corrected chi connectivity index (χ3v) is 2.28. The van der Waals surface area contributed by atoms with Crippen molar-refractivity contribution in [2.45, 2.75) is 12.6 Å². The fourth-order valence-electron chi connectivity index (χ4n) is 1.39. The highest BCUT2D eigenvalue weighted by Crippen LogP contribution is 2.14. The third kappa shape index (κ3) is 11.8. The van der Waals surface area contributed by atoms with Crippen LogP contribution in [0.2, 0.25) is 0 Å². The maximum Gasteiger partial charge on any atom is 0.401 e. The fourth-order valence-corrected chi connectivity index (χ4v) is 1.39. The Morgan fingerprint density at radius 1 is 1.26 bits per heavy atom. The minimum absolute atomic E-state index is 0.290. The molecule has 0 aliphatic rings. The van der Waals surface area contributed by atoms with Crippen molar-refractivity contribution in [3.05, 3.63) is 0 Å². The van der Waals surface area contributed by atoms with Crippen molar-refractivity contribution < 1.29 is 17.9 Å². The lowest BCUT2D eigenvalue weighted by atomic mass is 10.4. The van der Waals surface area contributed by atoms with Gasteiger partial charge in [-0.2, -0.15) is 13.2 Å². The highest BCUT2D eigenvalue weighted by molar-refractivity contribution is 5.79. The molecule has 0 atom stereocenters. The minimum Gasteiger partial charge on any atom is -0.385 e. The summed E-state index contributed by atoms with van der Waals surface area (Å²) in [4.78, 5) is 5.18. The van der Waals surface area contributed by atoms with Crippen LogP contribution in [0.15, 0.2) is 4.99 Å². The van der Waals surface area contributed by atoms with Crippen molar-refractivity contribution in [2.24, 2.45) is 4.99 Å². The third-order valence-electron chi connectivity index (χ3n) is 2.28. The summed E-state index contributed by atoms with van der Waals surface area (Å²) in [5.74, 6) is 0.580. The molecule has 0 rings (SSSR count). The minimum atomic E-state index is -4.16. The Hall–Kier alpha value is -1.02.